The molecule has 0 radical (unpaired) electrons. The highest BCUT2D eigenvalue weighted by molar-refractivity contribution is 5.96. The Kier molecular flexibility index (Phi) is 4.27. The standard InChI is InChI=1S/C16H21N5O2/c1-3-4-21-9-11(5-14(21)22)7-18-16(23)12-6-13-15(17-8-12)20(2)10-19-13/h6,8,10-11H,3-5,7,9H2,1-2H3,(H,18,23). The number of rotatable bonds is 5. The Balaban J connectivity index is 1.59. The molecular formula is C16H21N5O2. The monoisotopic (exact) mass is 315 g/mol. The Morgan fingerprint density at radius 3 is 3.04 bits per heavy atom. The van der Waals surface area contributed by atoms with Gasteiger partial charge in [-0.3, -0.25) is 9.59 Å². The first-order chi connectivity index (χ1) is 11.1. The summed E-state index contributed by atoms with van der Waals surface area (Å²) in [4.78, 5) is 34.4. The normalized spacial score (nSPS) is 17.9. The van der Waals surface area contributed by atoms with Crippen molar-refractivity contribution in [3.05, 3.63) is 24.2 Å². The van der Waals surface area contributed by atoms with Gasteiger partial charge in [-0.15, -0.1) is 0 Å². The minimum absolute atomic E-state index is 0.175. The van der Waals surface area contributed by atoms with Gasteiger partial charge >= 0.3 is 0 Å². The molecule has 0 aliphatic carbocycles. The van der Waals surface area contributed by atoms with Gasteiger partial charge < -0.3 is 14.8 Å². The zero-order chi connectivity index (χ0) is 16.4. The number of imidazole rings is 1. The number of hydrogen-bond acceptors (Lipinski definition) is 4. The van der Waals surface area contributed by atoms with E-state index in [-0.39, 0.29) is 17.7 Å². The molecule has 1 unspecified atom stereocenters. The molecule has 122 valence electrons. The van der Waals surface area contributed by atoms with E-state index in [0.717, 1.165) is 25.2 Å². The fourth-order valence-electron chi connectivity index (χ4n) is 2.96. The summed E-state index contributed by atoms with van der Waals surface area (Å²) in [6.07, 6.45) is 4.70. The molecule has 0 bridgehead atoms. The smallest absolute Gasteiger partial charge is 0.252 e. The van der Waals surface area contributed by atoms with E-state index in [2.05, 4.69) is 22.2 Å². The van der Waals surface area contributed by atoms with E-state index < -0.39 is 0 Å². The average molecular weight is 315 g/mol. The maximum absolute atomic E-state index is 12.3. The van der Waals surface area contributed by atoms with Crippen molar-refractivity contribution in [2.24, 2.45) is 13.0 Å². The van der Waals surface area contributed by atoms with Gasteiger partial charge in [-0.05, 0) is 12.5 Å². The molecule has 0 aromatic carbocycles. The Bertz CT molecular complexity index is 739. The van der Waals surface area contributed by atoms with Crippen molar-refractivity contribution in [1.29, 1.82) is 0 Å². The molecule has 1 atom stereocenters. The molecule has 2 aromatic rings. The summed E-state index contributed by atoms with van der Waals surface area (Å²) in [5, 5.41) is 2.90. The molecule has 3 heterocycles. The van der Waals surface area contributed by atoms with Crippen molar-refractivity contribution in [1.82, 2.24) is 24.8 Å². The van der Waals surface area contributed by atoms with Gasteiger partial charge in [0, 0.05) is 45.2 Å². The number of likely N-dealkylation sites (tertiary alicyclic amines) is 1. The quantitative estimate of drug-likeness (QED) is 0.891. The number of carbonyl (C=O) groups excluding carboxylic acids is 2. The summed E-state index contributed by atoms with van der Waals surface area (Å²) in [5.41, 5.74) is 1.94. The van der Waals surface area contributed by atoms with Crippen molar-refractivity contribution in [3.63, 3.8) is 0 Å². The van der Waals surface area contributed by atoms with E-state index in [0.29, 0.717) is 24.0 Å². The number of aromatic nitrogens is 3. The lowest BCUT2D eigenvalue weighted by molar-refractivity contribution is -0.127. The van der Waals surface area contributed by atoms with Gasteiger partial charge in [-0.2, -0.15) is 0 Å². The molecule has 23 heavy (non-hydrogen) atoms. The molecule has 1 fully saturated rings. The summed E-state index contributed by atoms with van der Waals surface area (Å²) in [7, 11) is 1.86. The van der Waals surface area contributed by atoms with Gasteiger partial charge in [-0.1, -0.05) is 6.92 Å². The van der Waals surface area contributed by atoms with Crippen LogP contribution in [0.15, 0.2) is 18.6 Å². The zero-order valence-corrected chi connectivity index (χ0v) is 13.5. The number of aryl methyl sites for hydroxylation is 1. The van der Waals surface area contributed by atoms with Gasteiger partial charge in [0.05, 0.1) is 11.9 Å². The second-order valence-corrected chi connectivity index (χ2v) is 6.04. The van der Waals surface area contributed by atoms with Gasteiger partial charge in [0.2, 0.25) is 5.91 Å². The molecule has 0 saturated carbocycles. The summed E-state index contributed by atoms with van der Waals surface area (Å²) < 4.78 is 1.81. The largest absolute Gasteiger partial charge is 0.352 e. The van der Waals surface area contributed by atoms with Crippen molar-refractivity contribution in [3.8, 4) is 0 Å². The molecule has 1 N–H and O–H groups in total. The summed E-state index contributed by atoms with van der Waals surface area (Å²) in [6.45, 7) is 4.09. The first-order valence-corrected chi connectivity index (χ1v) is 7.91. The van der Waals surface area contributed by atoms with E-state index >= 15 is 0 Å². The van der Waals surface area contributed by atoms with Crippen LogP contribution < -0.4 is 5.32 Å². The minimum Gasteiger partial charge on any atom is -0.352 e. The number of pyridine rings is 1. The molecule has 1 aliphatic heterocycles. The Labute approximate surface area is 134 Å². The van der Waals surface area contributed by atoms with Crippen LogP contribution in [0.25, 0.3) is 11.2 Å². The first-order valence-electron chi connectivity index (χ1n) is 7.91. The van der Waals surface area contributed by atoms with Gasteiger partial charge in [0.1, 0.15) is 5.52 Å². The van der Waals surface area contributed by atoms with E-state index in [9.17, 15) is 9.59 Å². The van der Waals surface area contributed by atoms with Crippen LogP contribution in [0.5, 0.6) is 0 Å². The third-order valence-electron chi connectivity index (χ3n) is 4.15. The number of nitrogens with one attached hydrogen (secondary N) is 1. The number of fused-ring (bicyclic) bond motifs is 1. The number of nitrogens with zero attached hydrogens (tertiary/aromatic N) is 4. The fourth-order valence-corrected chi connectivity index (χ4v) is 2.96. The summed E-state index contributed by atoms with van der Waals surface area (Å²) in [6, 6.07) is 1.74. The highest BCUT2D eigenvalue weighted by Gasteiger charge is 2.29. The second-order valence-electron chi connectivity index (χ2n) is 6.04. The number of hydrogen-bond donors (Lipinski definition) is 1. The summed E-state index contributed by atoms with van der Waals surface area (Å²) in [5.74, 6) is 0.193. The molecule has 7 nitrogen and oxygen atoms in total. The van der Waals surface area contributed by atoms with E-state index in [1.807, 2.05) is 16.5 Å². The average Bonchev–Trinajstić information content (AvgIpc) is 3.09. The highest BCUT2D eigenvalue weighted by Crippen LogP contribution is 2.17. The zero-order valence-electron chi connectivity index (χ0n) is 13.5. The maximum atomic E-state index is 12.3. The second kappa shape index (κ2) is 6.36. The number of amides is 2. The first kappa shape index (κ1) is 15.5. The van der Waals surface area contributed by atoms with Crippen LogP contribution in [0.3, 0.4) is 0 Å². The fraction of sp³-hybridized carbons (Fsp3) is 0.500. The van der Waals surface area contributed by atoms with E-state index in [4.69, 9.17) is 0 Å². The van der Waals surface area contributed by atoms with Gasteiger partial charge in [-0.25, -0.2) is 9.97 Å². The third-order valence-corrected chi connectivity index (χ3v) is 4.15. The minimum atomic E-state index is -0.175. The van der Waals surface area contributed by atoms with E-state index in [1.54, 1.807) is 18.6 Å². The summed E-state index contributed by atoms with van der Waals surface area (Å²) >= 11 is 0. The lowest BCUT2D eigenvalue weighted by atomic mass is 10.1. The van der Waals surface area contributed by atoms with Crippen LogP contribution in [0.2, 0.25) is 0 Å². The Morgan fingerprint density at radius 2 is 2.26 bits per heavy atom. The topological polar surface area (TPSA) is 80.1 Å². The number of carbonyl (C=O) groups is 2. The van der Waals surface area contributed by atoms with Crippen LogP contribution in [-0.4, -0.2) is 50.9 Å². The van der Waals surface area contributed by atoms with Crippen LogP contribution in [-0.2, 0) is 11.8 Å². The SMILES string of the molecule is CCCN1CC(CNC(=O)c2cnc3c(c2)ncn3C)CC1=O. The maximum Gasteiger partial charge on any atom is 0.252 e. The predicted molar refractivity (Wildman–Crippen MR) is 85.8 cm³/mol. The lowest BCUT2D eigenvalue weighted by Gasteiger charge is -2.15. The molecule has 2 amide bonds. The lowest BCUT2D eigenvalue weighted by Crippen LogP contribution is -2.31. The van der Waals surface area contributed by atoms with Crippen LogP contribution in [0.1, 0.15) is 30.1 Å². The van der Waals surface area contributed by atoms with Gasteiger partial charge in [0.15, 0.2) is 5.65 Å². The van der Waals surface area contributed by atoms with Crippen molar-refractivity contribution in [2.45, 2.75) is 19.8 Å². The third kappa shape index (κ3) is 3.18. The molecule has 7 heteroatoms. The Hall–Kier alpha value is -2.44. The van der Waals surface area contributed by atoms with Crippen LogP contribution >= 0.6 is 0 Å². The molecule has 2 aromatic heterocycles. The molecule has 1 saturated heterocycles. The Morgan fingerprint density at radius 1 is 1.43 bits per heavy atom. The van der Waals surface area contributed by atoms with Crippen LogP contribution in [0, 0.1) is 5.92 Å². The van der Waals surface area contributed by atoms with Crippen molar-refractivity contribution in [2.75, 3.05) is 19.6 Å². The van der Waals surface area contributed by atoms with Gasteiger partial charge in [0.25, 0.3) is 5.91 Å². The van der Waals surface area contributed by atoms with E-state index in [1.165, 1.54) is 0 Å². The molecule has 3 rings (SSSR count). The molecule has 0 spiro atoms. The molecule has 1 aliphatic rings. The highest BCUT2D eigenvalue weighted by atomic mass is 16.2. The van der Waals surface area contributed by atoms with Crippen LogP contribution in [0.4, 0.5) is 0 Å². The molecular weight excluding hydrogens is 294 g/mol. The van der Waals surface area contributed by atoms with Crippen molar-refractivity contribution >= 4 is 23.0 Å². The predicted octanol–water partition coefficient (Wildman–Crippen LogP) is 0.957. The van der Waals surface area contributed by atoms with Crippen molar-refractivity contribution < 1.29 is 9.59 Å².